The van der Waals surface area contributed by atoms with Crippen LogP contribution in [0.4, 0.5) is 4.79 Å². The first-order valence-corrected chi connectivity index (χ1v) is 8.72. The Kier molecular flexibility index (Phi) is 6.83. The van der Waals surface area contributed by atoms with Crippen LogP contribution in [-0.2, 0) is 23.9 Å². The van der Waals surface area contributed by atoms with Gasteiger partial charge in [-0.15, -0.1) is 11.8 Å². The molecule has 3 amide bonds. The first kappa shape index (κ1) is 20.0. The molecule has 0 aliphatic carbocycles. The molecule has 0 saturated carbocycles. The molecule has 0 radical (unpaired) electrons. The van der Waals surface area contributed by atoms with Gasteiger partial charge in [-0.25, -0.2) is 9.59 Å². The molecular weight excluding hydrogens is 370 g/mol. The Bertz CT molecular complexity index is 644. The molecule has 11 nitrogen and oxygen atoms in total. The summed E-state index contributed by atoms with van der Waals surface area (Å²) in [6.45, 7) is -0.535. The maximum Gasteiger partial charge on any atom is 0.404 e. The molecule has 0 aromatic heterocycles. The fourth-order valence-electron chi connectivity index (χ4n) is 2.60. The number of amides is 3. The minimum atomic E-state index is -1.32. The molecule has 5 N–H and O–H groups in total. The number of primary amides is 1. The van der Waals surface area contributed by atoms with Gasteiger partial charge in [0.25, 0.3) is 5.91 Å². The number of β-lactam (4-membered cyclic amide) rings is 1. The molecular formula is C14H21N3O8S. The molecule has 12 heteroatoms. The zero-order valence-electron chi connectivity index (χ0n) is 13.7. The van der Waals surface area contributed by atoms with Crippen molar-refractivity contribution in [3.63, 3.8) is 0 Å². The molecule has 2 rings (SSSR count). The number of hydrogen-bond donors (Lipinski definition) is 4. The average molecular weight is 391 g/mol. The average Bonchev–Trinajstić information content (AvgIpc) is 2.60. The van der Waals surface area contributed by atoms with E-state index in [4.69, 9.17) is 15.6 Å². The van der Waals surface area contributed by atoms with E-state index in [9.17, 15) is 24.3 Å². The lowest BCUT2D eigenvalue weighted by atomic mass is 10.0. The molecule has 2 atom stereocenters. The number of aliphatic hydroxyl groups is 1. The maximum atomic E-state index is 12.3. The number of carbonyl (C=O) groups excluding carboxylic acids is 3. The van der Waals surface area contributed by atoms with Crippen molar-refractivity contribution in [2.75, 3.05) is 25.8 Å². The highest BCUT2D eigenvalue weighted by Gasteiger charge is 2.54. The lowest BCUT2D eigenvalue weighted by Gasteiger charge is -2.49. The number of aliphatic carboxylic acids is 1. The molecule has 1 saturated heterocycles. The standard InChI is InChI=1S/C14H19N3O8S.H2/c15-14(23)25-4-7-5-26-12-9(11(20)17(12)10(7)13(21)22)16-8(19)2-1-3-24-6-18;/h9,12,18H,1-6H2,(H2,15,23)(H,16,19)(H,21,22);1H. The number of hydrogen-bond acceptors (Lipinski definition) is 8. The smallest absolute Gasteiger partial charge is 0.404 e. The Balaban J connectivity index is 0.00000364. The monoisotopic (exact) mass is 391 g/mol. The Labute approximate surface area is 154 Å². The molecule has 0 bridgehead atoms. The van der Waals surface area contributed by atoms with Gasteiger partial charge < -0.3 is 30.7 Å². The molecule has 0 aromatic carbocycles. The van der Waals surface area contributed by atoms with E-state index < -0.39 is 36.2 Å². The highest BCUT2D eigenvalue weighted by Crippen LogP contribution is 2.40. The third-order valence-corrected chi connectivity index (χ3v) is 5.08. The number of thioether (sulfide) groups is 1. The van der Waals surface area contributed by atoms with Crippen LogP contribution in [0, 0.1) is 0 Å². The zero-order chi connectivity index (χ0) is 19.3. The van der Waals surface area contributed by atoms with E-state index in [1.807, 2.05) is 0 Å². The Morgan fingerprint density at radius 3 is 2.77 bits per heavy atom. The second-order valence-corrected chi connectivity index (χ2v) is 6.57. The van der Waals surface area contributed by atoms with Crippen LogP contribution in [-0.4, -0.2) is 76.2 Å². The Hall–Kier alpha value is -2.31. The van der Waals surface area contributed by atoms with Gasteiger partial charge in [0.1, 0.15) is 30.5 Å². The van der Waals surface area contributed by atoms with E-state index in [1.54, 1.807) is 0 Å². The van der Waals surface area contributed by atoms with Crippen molar-refractivity contribution in [2.45, 2.75) is 24.3 Å². The van der Waals surface area contributed by atoms with Crippen LogP contribution in [0.15, 0.2) is 11.3 Å². The number of nitrogens with two attached hydrogens (primary N) is 1. The van der Waals surface area contributed by atoms with Gasteiger partial charge in [-0.1, -0.05) is 0 Å². The Morgan fingerprint density at radius 1 is 1.42 bits per heavy atom. The van der Waals surface area contributed by atoms with E-state index in [0.717, 1.165) is 4.90 Å². The minimum Gasteiger partial charge on any atom is -0.477 e. The molecule has 2 unspecified atom stereocenters. The van der Waals surface area contributed by atoms with Gasteiger partial charge >= 0.3 is 12.1 Å². The fraction of sp³-hybridized carbons (Fsp3) is 0.571. The second-order valence-electron chi connectivity index (χ2n) is 5.46. The van der Waals surface area contributed by atoms with Crippen LogP contribution in [0.2, 0.25) is 0 Å². The third kappa shape index (κ3) is 4.45. The van der Waals surface area contributed by atoms with Crippen molar-refractivity contribution in [1.82, 2.24) is 10.2 Å². The number of carbonyl (C=O) groups is 4. The van der Waals surface area contributed by atoms with Crippen molar-refractivity contribution in [3.05, 3.63) is 11.3 Å². The number of aliphatic hydroxyl groups excluding tert-OH is 1. The van der Waals surface area contributed by atoms with Gasteiger partial charge in [0, 0.05) is 25.8 Å². The molecule has 0 spiro atoms. The highest BCUT2D eigenvalue weighted by atomic mass is 32.2. The number of nitrogens with zero attached hydrogens (tertiary/aromatic N) is 1. The fourth-order valence-corrected chi connectivity index (χ4v) is 3.92. The van der Waals surface area contributed by atoms with Gasteiger partial charge in [0.05, 0.1) is 0 Å². The number of rotatable bonds is 9. The quantitative estimate of drug-likeness (QED) is 0.214. The zero-order valence-corrected chi connectivity index (χ0v) is 14.5. The summed E-state index contributed by atoms with van der Waals surface area (Å²) in [7, 11) is 0. The highest BCUT2D eigenvalue weighted by molar-refractivity contribution is 8.00. The first-order valence-electron chi connectivity index (χ1n) is 7.67. The molecule has 0 aromatic rings. The SMILES string of the molecule is NC(=O)OCC1=C(C(=O)O)N2C(=O)C(NC(=O)CCCOCO)C2SC1.[HH]. The number of carboxylic acids is 1. The number of fused-ring (bicyclic) bond motifs is 1. The third-order valence-electron chi connectivity index (χ3n) is 3.74. The summed E-state index contributed by atoms with van der Waals surface area (Å²) in [5.74, 6) is -2.01. The van der Waals surface area contributed by atoms with Crippen LogP contribution in [0.1, 0.15) is 14.3 Å². The van der Waals surface area contributed by atoms with E-state index in [-0.39, 0.29) is 44.0 Å². The van der Waals surface area contributed by atoms with Crippen molar-refractivity contribution in [2.24, 2.45) is 5.73 Å². The van der Waals surface area contributed by atoms with Gasteiger partial charge in [-0.3, -0.25) is 14.5 Å². The molecule has 146 valence electrons. The lowest BCUT2D eigenvalue weighted by molar-refractivity contribution is -0.150. The number of ether oxygens (including phenoxy) is 2. The van der Waals surface area contributed by atoms with Gasteiger partial charge in [-0.2, -0.15) is 0 Å². The molecule has 2 heterocycles. The van der Waals surface area contributed by atoms with E-state index in [2.05, 4.69) is 10.1 Å². The van der Waals surface area contributed by atoms with Crippen LogP contribution in [0.3, 0.4) is 0 Å². The van der Waals surface area contributed by atoms with Crippen molar-refractivity contribution >= 4 is 35.6 Å². The van der Waals surface area contributed by atoms with Crippen molar-refractivity contribution in [3.8, 4) is 0 Å². The van der Waals surface area contributed by atoms with Crippen LogP contribution >= 0.6 is 11.8 Å². The first-order chi connectivity index (χ1) is 12.4. The summed E-state index contributed by atoms with van der Waals surface area (Å²) in [5.41, 5.74) is 4.89. The molecule has 26 heavy (non-hydrogen) atoms. The topological polar surface area (TPSA) is 168 Å². The normalized spacial score (nSPS) is 21.7. The van der Waals surface area contributed by atoms with Crippen LogP contribution in [0.5, 0.6) is 0 Å². The summed E-state index contributed by atoms with van der Waals surface area (Å²) < 4.78 is 9.34. The maximum absolute atomic E-state index is 12.3. The number of carboxylic acid groups (broad SMARTS) is 1. The van der Waals surface area contributed by atoms with Crippen molar-refractivity contribution in [1.29, 1.82) is 0 Å². The molecule has 2 aliphatic rings. The van der Waals surface area contributed by atoms with Gasteiger partial charge in [0.2, 0.25) is 5.91 Å². The lowest BCUT2D eigenvalue weighted by Crippen LogP contribution is -2.70. The van der Waals surface area contributed by atoms with E-state index in [1.165, 1.54) is 11.8 Å². The molecule has 1 fully saturated rings. The van der Waals surface area contributed by atoms with Gasteiger partial charge in [0.15, 0.2) is 0 Å². The summed E-state index contributed by atoms with van der Waals surface area (Å²) in [6, 6.07) is -0.820. The summed E-state index contributed by atoms with van der Waals surface area (Å²) in [5, 5.41) is 19.9. The predicted octanol–water partition coefficient (Wildman–Crippen LogP) is -1.19. The molecule has 2 aliphatic heterocycles. The van der Waals surface area contributed by atoms with E-state index in [0.29, 0.717) is 6.42 Å². The largest absolute Gasteiger partial charge is 0.477 e. The summed E-state index contributed by atoms with van der Waals surface area (Å²) in [6.07, 6.45) is -0.552. The van der Waals surface area contributed by atoms with Crippen LogP contribution in [0.25, 0.3) is 0 Å². The summed E-state index contributed by atoms with van der Waals surface area (Å²) in [4.78, 5) is 47.5. The predicted molar refractivity (Wildman–Crippen MR) is 89.6 cm³/mol. The summed E-state index contributed by atoms with van der Waals surface area (Å²) >= 11 is 1.26. The van der Waals surface area contributed by atoms with Crippen molar-refractivity contribution < 1.29 is 40.3 Å². The Morgan fingerprint density at radius 2 is 2.15 bits per heavy atom. The minimum absolute atomic E-state index is 0. The van der Waals surface area contributed by atoms with Gasteiger partial charge in [-0.05, 0) is 6.42 Å². The van der Waals surface area contributed by atoms with E-state index >= 15 is 0 Å². The van der Waals surface area contributed by atoms with Crippen LogP contribution < -0.4 is 11.1 Å². The number of nitrogens with one attached hydrogen (secondary N) is 1. The second kappa shape index (κ2) is 8.87.